The molecule has 0 atom stereocenters. The number of rotatable bonds is 7. The van der Waals surface area contributed by atoms with E-state index in [9.17, 15) is 19.2 Å². The largest absolute Gasteiger partial charge is 0.463 e. The lowest BCUT2D eigenvalue weighted by Gasteiger charge is -2.11. The number of fused-ring (bicyclic) bond motifs is 1. The number of nitrogens with zero attached hydrogens (tertiary/aromatic N) is 1. The minimum Gasteiger partial charge on any atom is -0.463 e. The lowest BCUT2D eigenvalue weighted by Crippen LogP contribution is -2.25. The van der Waals surface area contributed by atoms with Gasteiger partial charge in [-0.1, -0.05) is 36.4 Å². The molecule has 1 amide bonds. The van der Waals surface area contributed by atoms with Gasteiger partial charge in [0.1, 0.15) is 0 Å². The molecule has 1 aromatic heterocycles. The van der Waals surface area contributed by atoms with Gasteiger partial charge >= 0.3 is 5.97 Å². The molecule has 2 N–H and O–H groups in total. The monoisotopic (exact) mass is 404 g/mol. The number of hydrogen-bond donors (Lipinski definition) is 1. The number of methoxy groups -OCH3 is 1. The van der Waals surface area contributed by atoms with Crippen LogP contribution in [0.4, 0.5) is 0 Å². The van der Waals surface area contributed by atoms with Gasteiger partial charge in [0.25, 0.3) is 17.5 Å². The van der Waals surface area contributed by atoms with Crippen molar-refractivity contribution in [3.05, 3.63) is 70.9 Å². The van der Waals surface area contributed by atoms with Crippen molar-refractivity contribution in [3.8, 4) is 0 Å². The van der Waals surface area contributed by atoms with Gasteiger partial charge in [0.2, 0.25) is 0 Å². The normalized spacial score (nSPS) is 13.2. The van der Waals surface area contributed by atoms with E-state index in [2.05, 4.69) is 4.74 Å². The molecule has 30 heavy (non-hydrogen) atoms. The predicted octanol–water partition coefficient (Wildman–Crippen LogP) is 2.59. The summed E-state index contributed by atoms with van der Waals surface area (Å²) >= 11 is 0. The van der Waals surface area contributed by atoms with Gasteiger partial charge in [-0.2, -0.15) is 0 Å². The van der Waals surface area contributed by atoms with Gasteiger partial charge in [-0.15, -0.1) is 0 Å². The number of esters is 1. The fourth-order valence-electron chi connectivity index (χ4n) is 3.88. The molecular formula is C23H20N2O5. The van der Waals surface area contributed by atoms with Crippen LogP contribution in [0.5, 0.6) is 0 Å². The Morgan fingerprint density at radius 1 is 1.00 bits per heavy atom. The first-order valence-electron chi connectivity index (χ1n) is 9.59. The summed E-state index contributed by atoms with van der Waals surface area (Å²) in [5, 5.41) is 0.273. The van der Waals surface area contributed by atoms with E-state index in [4.69, 9.17) is 5.73 Å². The van der Waals surface area contributed by atoms with E-state index in [1.165, 1.54) is 6.07 Å². The summed E-state index contributed by atoms with van der Waals surface area (Å²) < 4.78 is 6.53. The molecule has 1 saturated carbocycles. The number of benzene rings is 2. The van der Waals surface area contributed by atoms with Crippen molar-refractivity contribution < 1.29 is 23.9 Å². The Labute approximate surface area is 172 Å². The Hall–Kier alpha value is -3.74. The topological polar surface area (TPSA) is 108 Å². The van der Waals surface area contributed by atoms with Gasteiger partial charge in [0.15, 0.2) is 0 Å². The molecular weight excluding hydrogens is 384 g/mol. The first kappa shape index (κ1) is 19.6. The Morgan fingerprint density at radius 2 is 1.70 bits per heavy atom. The summed E-state index contributed by atoms with van der Waals surface area (Å²) in [6.07, 6.45) is 1.73. The van der Waals surface area contributed by atoms with Gasteiger partial charge < -0.3 is 15.0 Å². The molecule has 2 aromatic carbocycles. The maximum Gasteiger partial charge on any atom is 0.379 e. The Kier molecular flexibility index (Phi) is 4.95. The molecule has 1 aliphatic carbocycles. The van der Waals surface area contributed by atoms with Gasteiger partial charge in [-0.3, -0.25) is 14.4 Å². The third-order valence-corrected chi connectivity index (χ3v) is 5.34. The highest BCUT2D eigenvalue weighted by atomic mass is 16.5. The lowest BCUT2D eigenvalue weighted by molar-refractivity contribution is -0.135. The van der Waals surface area contributed by atoms with Crippen LogP contribution >= 0.6 is 0 Å². The fraction of sp³-hybridized carbons (Fsp3) is 0.217. The maximum atomic E-state index is 12.9. The van der Waals surface area contributed by atoms with Crippen LogP contribution in [0.2, 0.25) is 0 Å². The Balaban J connectivity index is 2.05. The maximum absolute atomic E-state index is 12.9. The molecule has 3 aromatic rings. The highest BCUT2D eigenvalue weighted by Gasteiger charge is 2.37. The van der Waals surface area contributed by atoms with Gasteiger partial charge in [0, 0.05) is 29.1 Å². The molecule has 1 heterocycles. The van der Waals surface area contributed by atoms with E-state index in [-0.39, 0.29) is 22.4 Å². The van der Waals surface area contributed by atoms with E-state index in [0.29, 0.717) is 17.8 Å². The van der Waals surface area contributed by atoms with Crippen LogP contribution in [0, 0.1) is 0 Å². The van der Waals surface area contributed by atoms with Crippen molar-refractivity contribution in [2.75, 3.05) is 7.11 Å². The molecule has 1 fully saturated rings. The van der Waals surface area contributed by atoms with E-state index >= 15 is 0 Å². The minimum absolute atomic E-state index is 0.0256. The second kappa shape index (κ2) is 7.59. The van der Waals surface area contributed by atoms with Crippen LogP contribution < -0.4 is 5.73 Å². The van der Waals surface area contributed by atoms with Crippen LogP contribution in [-0.2, 0) is 20.9 Å². The number of primary amides is 1. The molecule has 7 heteroatoms. The number of carbonyl (C=O) groups is 4. The number of aromatic nitrogens is 1. The number of nitrogens with two attached hydrogens (primary N) is 1. The SMILES string of the molecule is COC(=O)C(=O)c1cccc2c1c(C(=O)C(N)=O)c(C1CC1)n2Cc1ccccc1. The number of carbonyl (C=O) groups excluding carboxylic acids is 4. The zero-order valence-electron chi connectivity index (χ0n) is 16.4. The molecule has 0 unspecified atom stereocenters. The zero-order valence-corrected chi connectivity index (χ0v) is 16.4. The number of amides is 1. The van der Waals surface area contributed by atoms with E-state index < -0.39 is 23.4 Å². The van der Waals surface area contributed by atoms with Crippen LogP contribution in [0.15, 0.2) is 48.5 Å². The summed E-state index contributed by atoms with van der Waals surface area (Å²) in [5.41, 5.74) is 7.77. The molecule has 0 spiro atoms. The van der Waals surface area contributed by atoms with Gasteiger partial charge in [0.05, 0.1) is 18.2 Å². The van der Waals surface area contributed by atoms with Crippen molar-refractivity contribution in [1.29, 1.82) is 0 Å². The Bertz CT molecular complexity index is 1190. The van der Waals surface area contributed by atoms with Crippen molar-refractivity contribution >= 4 is 34.3 Å². The molecule has 0 aliphatic heterocycles. The molecule has 4 rings (SSSR count). The molecule has 1 aliphatic rings. The highest BCUT2D eigenvalue weighted by molar-refractivity contribution is 6.48. The molecule has 0 radical (unpaired) electrons. The predicted molar refractivity (Wildman–Crippen MR) is 109 cm³/mol. The summed E-state index contributed by atoms with van der Waals surface area (Å²) in [6.45, 7) is 0.449. The third kappa shape index (κ3) is 3.28. The molecule has 7 nitrogen and oxygen atoms in total. The molecule has 0 bridgehead atoms. The number of hydrogen-bond acceptors (Lipinski definition) is 5. The van der Waals surface area contributed by atoms with E-state index in [1.807, 2.05) is 34.9 Å². The first-order chi connectivity index (χ1) is 14.4. The molecule has 0 saturated heterocycles. The lowest BCUT2D eigenvalue weighted by atomic mass is 9.97. The van der Waals surface area contributed by atoms with Crippen molar-refractivity contribution in [2.45, 2.75) is 25.3 Å². The fourth-order valence-corrected chi connectivity index (χ4v) is 3.88. The summed E-state index contributed by atoms with van der Waals surface area (Å²) in [6, 6.07) is 14.5. The standard InChI is InChI=1S/C23H20N2O5/c1-30-23(29)20(26)15-8-5-9-16-17(15)18(21(27)22(24)28)19(14-10-11-14)25(16)12-13-6-3-2-4-7-13/h2-9,14H,10-12H2,1H3,(H2,24,28). The number of ketones is 2. The minimum atomic E-state index is -1.10. The number of Topliss-reactive ketones (excluding diaryl/α,β-unsaturated/α-hetero) is 2. The van der Waals surface area contributed by atoms with E-state index in [0.717, 1.165) is 25.5 Å². The first-order valence-corrected chi connectivity index (χ1v) is 9.59. The van der Waals surface area contributed by atoms with Crippen molar-refractivity contribution in [3.63, 3.8) is 0 Å². The van der Waals surface area contributed by atoms with Crippen LogP contribution in [-0.4, -0.2) is 35.1 Å². The second-order valence-corrected chi connectivity index (χ2v) is 7.32. The Morgan fingerprint density at radius 3 is 2.30 bits per heavy atom. The smallest absolute Gasteiger partial charge is 0.379 e. The highest BCUT2D eigenvalue weighted by Crippen LogP contribution is 2.46. The van der Waals surface area contributed by atoms with Gasteiger partial charge in [-0.25, -0.2) is 4.79 Å². The number of ether oxygens (including phenoxy) is 1. The van der Waals surface area contributed by atoms with Crippen LogP contribution in [0.3, 0.4) is 0 Å². The average molecular weight is 404 g/mol. The summed E-state index contributed by atoms with van der Waals surface area (Å²) in [5.74, 6) is -3.79. The third-order valence-electron chi connectivity index (χ3n) is 5.34. The van der Waals surface area contributed by atoms with Crippen molar-refractivity contribution in [1.82, 2.24) is 4.57 Å². The van der Waals surface area contributed by atoms with Crippen LogP contribution in [0.25, 0.3) is 10.9 Å². The zero-order chi connectivity index (χ0) is 21.4. The summed E-state index contributed by atoms with van der Waals surface area (Å²) in [4.78, 5) is 49.4. The van der Waals surface area contributed by atoms with Gasteiger partial charge in [-0.05, 0) is 30.5 Å². The van der Waals surface area contributed by atoms with E-state index in [1.54, 1.807) is 12.1 Å². The second-order valence-electron chi connectivity index (χ2n) is 7.32. The summed E-state index contributed by atoms with van der Waals surface area (Å²) in [7, 11) is 1.12. The molecule has 152 valence electrons. The quantitative estimate of drug-likeness (QED) is 0.370. The van der Waals surface area contributed by atoms with Crippen LogP contribution in [0.1, 0.15) is 50.7 Å². The van der Waals surface area contributed by atoms with Crippen molar-refractivity contribution in [2.24, 2.45) is 5.73 Å². The average Bonchev–Trinajstić information content (AvgIpc) is 3.55.